The van der Waals surface area contributed by atoms with Crippen LogP contribution in [-0.4, -0.2) is 80.6 Å². The van der Waals surface area contributed by atoms with Gasteiger partial charge in [-0.2, -0.15) is 0 Å². The number of aliphatic carboxylic acids is 1. The maximum atomic E-state index is 12.6. The fourth-order valence-electron chi connectivity index (χ4n) is 5.13. The second kappa shape index (κ2) is 30.9. The Labute approximate surface area is 287 Å². The minimum absolute atomic E-state index is 0.0495. The number of esters is 2. The Morgan fingerprint density at radius 3 is 1.83 bits per heavy atom. The lowest BCUT2D eigenvalue weighted by Gasteiger charge is -2.31. The first-order chi connectivity index (χ1) is 22.6. The van der Waals surface area contributed by atoms with Gasteiger partial charge in [0, 0.05) is 19.3 Å². The van der Waals surface area contributed by atoms with E-state index < -0.39 is 18.1 Å². The number of carboxylic acid groups (broad SMARTS) is 1. The Hall–Kier alpha value is -2.45. The molecule has 8 nitrogen and oxygen atoms in total. The molecule has 0 amide bonds. The highest BCUT2D eigenvalue weighted by atomic mass is 16.6. The minimum Gasteiger partial charge on any atom is -0.477 e. The summed E-state index contributed by atoms with van der Waals surface area (Å²) in [5, 5.41) is 9.56. The van der Waals surface area contributed by atoms with Gasteiger partial charge in [0.2, 0.25) is 0 Å². The molecule has 0 aromatic heterocycles. The predicted octanol–water partition coefficient (Wildman–Crippen LogP) is 9.13. The van der Waals surface area contributed by atoms with Gasteiger partial charge in [-0.15, -0.1) is 0 Å². The molecule has 2 atom stereocenters. The second-order valence-electron chi connectivity index (χ2n) is 13.4. The number of unbranched alkanes of at least 4 members (excludes halogenated alkanes) is 12. The minimum atomic E-state index is -0.882. The number of rotatable bonds is 32. The van der Waals surface area contributed by atoms with E-state index >= 15 is 0 Å². The van der Waals surface area contributed by atoms with Gasteiger partial charge in [0.05, 0.1) is 34.4 Å². The smallest absolute Gasteiger partial charge is 0.362 e. The molecule has 47 heavy (non-hydrogen) atoms. The molecule has 8 heteroatoms. The monoisotopic (exact) mass is 665 g/mol. The Morgan fingerprint density at radius 2 is 1.21 bits per heavy atom. The van der Waals surface area contributed by atoms with Crippen LogP contribution < -0.4 is 0 Å². The maximum absolute atomic E-state index is 12.6. The number of hydrogen-bond donors (Lipinski definition) is 1. The highest BCUT2D eigenvalue weighted by Gasteiger charge is 2.31. The van der Waals surface area contributed by atoms with Crippen LogP contribution in [-0.2, 0) is 28.6 Å². The second-order valence-corrected chi connectivity index (χ2v) is 13.4. The summed E-state index contributed by atoms with van der Waals surface area (Å²) in [4.78, 5) is 36.6. The summed E-state index contributed by atoms with van der Waals surface area (Å²) in [5.41, 5.74) is 0. The van der Waals surface area contributed by atoms with Gasteiger partial charge in [-0.25, -0.2) is 4.79 Å². The van der Waals surface area contributed by atoms with Crippen molar-refractivity contribution in [1.82, 2.24) is 0 Å². The number of allylic oxidation sites excluding steroid dienone is 6. The van der Waals surface area contributed by atoms with Gasteiger partial charge < -0.3 is 23.8 Å². The van der Waals surface area contributed by atoms with Crippen molar-refractivity contribution in [3.8, 4) is 0 Å². The molecule has 0 saturated heterocycles. The van der Waals surface area contributed by atoms with Gasteiger partial charge in [-0.05, 0) is 57.8 Å². The summed E-state index contributed by atoms with van der Waals surface area (Å²) in [6.07, 6.45) is 32.0. The fourth-order valence-corrected chi connectivity index (χ4v) is 5.13. The summed E-state index contributed by atoms with van der Waals surface area (Å²) >= 11 is 0. The summed E-state index contributed by atoms with van der Waals surface area (Å²) < 4.78 is 17.1. The molecular weight excluding hydrogens is 594 g/mol. The molecule has 0 radical (unpaired) electrons. The van der Waals surface area contributed by atoms with Gasteiger partial charge in [-0.3, -0.25) is 9.59 Å². The van der Waals surface area contributed by atoms with Crippen molar-refractivity contribution in [2.45, 2.75) is 154 Å². The molecule has 1 N–H and O–H groups in total. The van der Waals surface area contributed by atoms with Crippen LogP contribution in [0, 0.1) is 0 Å². The van der Waals surface area contributed by atoms with Gasteiger partial charge >= 0.3 is 17.9 Å². The Morgan fingerprint density at radius 1 is 0.660 bits per heavy atom. The highest BCUT2D eigenvalue weighted by Crippen LogP contribution is 2.13. The van der Waals surface area contributed by atoms with E-state index in [1.165, 1.54) is 51.4 Å². The zero-order valence-electron chi connectivity index (χ0n) is 30.7. The number of hydrogen-bond acceptors (Lipinski definition) is 6. The zero-order valence-corrected chi connectivity index (χ0v) is 30.7. The van der Waals surface area contributed by atoms with Crippen LogP contribution in [0.2, 0.25) is 0 Å². The summed E-state index contributed by atoms with van der Waals surface area (Å²) in [6.45, 7) is 4.53. The molecule has 0 aliphatic heterocycles. The number of nitrogens with zero attached hydrogens (tertiary/aromatic N) is 1. The van der Waals surface area contributed by atoms with Crippen LogP contribution in [0.25, 0.3) is 0 Å². The normalized spacial score (nSPS) is 13.5. The number of quaternary nitrogens is 1. The molecule has 0 bridgehead atoms. The van der Waals surface area contributed by atoms with Crippen LogP contribution in [0.3, 0.4) is 0 Å². The van der Waals surface area contributed by atoms with Crippen LogP contribution in [0.5, 0.6) is 0 Å². The average molecular weight is 665 g/mol. The fraction of sp³-hybridized carbons (Fsp3) is 0.769. The van der Waals surface area contributed by atoms with Crippen molar-refractivity contribution >= 4 is 17.9 Å². The number of ether oxygens (including phenoxy) is 3. The van der Waals surface area contributed by atoms with Crippen molar-refractivity contribution < 1.29 is 38.2 Å². The maximum Gasteiger partial charge on any atom is 0.362 e. The van der Waals surface area contributed by atoms with E-state index in [2.05, 4.69) is 50.3 Å². The lowest BCUT2D eigenvalue weighted by molar-refractivity contribution is -0.887. The first kappa shape index (κ1) is 44.5. The largest absolute Gasteiger partial charge is 0.477 e. The Balaban J connectivity index is 4.47. The molecule has 0 fully saturated rings. The lowest BCUT2D eigenvalue weighted by Crippen LogP contribution is -2.50. The average Bonchev–Trinajstić information content (AvgIpc) is 3.01. The molecule has 0 aliphatic rings. The van der Waals surface area contributed by atoms with Crippen molar-refractivity contribution in [2.24, 2.45) is 0 Å². The molecule has 0 aromatic rings. The topological polar surface area (TPSA) is 99.1 Å². The summed E-state index contributed by atoms with van der Waals surface area (Å²) in [5.74, 6) is -1.53. The van der Waals surface area contributed by atoms with E-state index in [1.807, 2.05) is 21.1 Å². The van der Waals surface area contributed by atoms with E-state index in [0.717, 1.165) is 51.4 Å². The van der Waals surface area contributed by atoms with E-state index in [1.54, 1.807) is 0 Å². The SMILES string of the molecule is CC/C=C/C/C=C/CCCCCCCCCC(=O)OC(COCCC(C(=O)O)[N+](C)(C)C)COC(=O)CCC/C=C/CCCCCC. The van der Waals surface area contributed by atoms with Gasteiger partial charge in [0.1, 0.15) is 6.61 Å². The van der Waals surface area contributed by atoms with Crippen LogP contribution >= 0.6 is 0 Å². The Kier molecular flexibility index (Phi) is 29.2. The predicted molar refractivity (Wildman–Crippen MR) is 192 cm³/mol. The molecular formula is C39H70NO7+. The summed E-state index contributed by atoms with van der Waals surface area (Å²) in [6, 6.07) is -0.617. The highest BCUT2D eigenvalue weighted by molar-refractivity contribution is 5.72. The standard InChI is InChI=1S/C39H69NO7/c1-6-8-10-12-14-16-17-18-19-20-22-24-26-28-30-38(42)47-35(33-45-32-31-36(39(43)44)40(3,4)5)34-46-37(41)29-27-25-23-21-15-13-11-9-7-2/h8,10,14,16,21,23,35-36H,6-7,9,11-13,15,17-20,22,24-34H2,1-5H3/p+1/b10-8+,16-14+,23-21+. The van der Waals surface area contributed by atoms with Gasteiger partial charge in [0.15, 0.2) is 12.1 Å². The van der Waals surface area contributed by atoms with Crippen molar-refractivity contribution in [3.63, 3.8) is 0 Å². The van der Waals surface area contributed by atoms with E-state index in [0.29, 0.717) is 25.7 Å². The third-order valence-electron chi connectivity index (χ3n) is 8.02. The van der Waals surface area contributed by atoms with Crippen molar-refractivity contribution in [1.29, 1.82) is 0 Å². The van der Waals surface area contributed by atoms with Crippen molar-refractivity contribution in [2.75, 3.05) is 41.0 Å². The molecule has 0 aromatic carbocycles. The van der Waals surface area contributed by atoms with Crippen molar-refractivity contribution in [3.05, 3.63) is 36.5 Å². The molecule has 0 aliphatic carbocycles. The number of carbonyl (C=O) groups is 3. The quantitative estimate of drug-likeness (QED) is 0.0331. The zero-order chi connectivity index (χ0) is 35.0. The molecule has 2 unspecified atom stereocenters. The van der Waals surface area contributed by atoms with E-state index in [4.69, 9.17) is 14.2 Å². The van der Waals surface area contributed by atoms with Crippen LogP contribution in [0.1, 0.15) is 142 Å². The third kappa shape index (κ3) is 29.4. The Bertz CT molecular complexity index is 875. The van der Waals surface area contributed by atoms with Crippen LogP contribution in [0.15, 0.2) is 36.5 Å². The molecule has 272 valence electrons. The molecule has 0 spiro atoms. The third-order valence-corrected chi connectivity index (χ3v) is 8.02. The van der Waals surface area contributed by atoms with Gasteiger partial charge in [-0.1, -0.05) is 102 Å². The van der Waals surface area contributed by atoms with E-state index in [9.17, 15) is 19.5 Å². The first-order valence-electron chi connectivity index (χ1n) is 18.5. The van der Waals surface area contributed by atoms with Crippen LogP contribution in [0.4, 0.5) is 0 Å². The lowest BCUT2D eigenvalue weighted by atomic mass is 10.1. The van der Waals surface area contributed by atoms with E-state index in [-0.39, 0.29) is 36.2 Å². The number of likely N-dealkylation sites (N-methyl/N-ethyl adjacent to an activating group) is 1. The first-order valence-corrected chi connectivity index (χ1v) is 18.5. The van der Waals surface area contributed by atoms with Gasteiger partial charge in [0.25, 0.3) is 0 Å². The molecule has 0 heterocycles. The molecule has 0 rings (SSSR count). The number of carbonyl (C=O) groups excluding carboxylic acids is 2. The summed E-state index contributed by atoms with van der Waals surface area (Å²) in [7, 11) is 5.50. The number of carboxylic acids is 1. The molecule has 0 saturated carbocycles.